The third-order valence-electron chi connectivity index (χ3n) is 6.44. The number of ether oxygens (including phenoxy) is 1. The molecule has 0 radical (unpaired) electrons. The van der Waals surface area contributed by atoms with Gasteiger partial charge in [-0.25, -0.2) is 8.42 Å². The maximum absolute atomic E-state index is 13.2. The van der Waals surface area contributed by atoms with E-state index in [9.17, 15) is 23.3 Å². The molecule has 14 heteroatoms. The van der Waals surface area contributed by atoms with E-state index in [4.69, 9.17) is 4.74 Å². The number of thioether (sulfide) groups is 1. The quantitative estimate of drug-likeness (QED) is 0.160. The van der Waals surface area contributed by atoms with E-state index in [1.54, 1.807) is 28.8 Å². The van der Waals surface area contributed by atoms with Crippen molar-refractivity contribution >= 4 is 39.1 Å². The molecule has 1 fully saturated rings. The first-order valence-corrected chi connectivity index (χ1v) is 15.1. The molecule has 0 spiro atoms. The van der Waals surface area contributed by atoms with Gasteiger partial charge in [-0.3, -0.25) is 19.5 Å². The fourth-order valence-corrected chi connectivity index (χ4v) is 6.77. The van der Waals surface area contributed by atoms with E-state index in [1.807, 2.05) is 30.3 Å². The van der Waals surface area contributed by atoms with E-state index in [2.05, 4.69) is 15.5 Å². The molecule has 4 aromatic rings. The Morgan fingerprint density at radius 2 is 1.80 bits per heavy atom. The molecule has 1 aromatic heterocycles. The van der Waals surface area contributed by atoms with Crippen molar-refractivity contribution in [1.29, 1.82) is 0 Å². The van der Waals surface area contributed by atoms with Crippen LogP contribution in [0.25, 0.3) is 17.1 Å². The average Bonchev–Trinajstić information content (AvgIpc) is 3.68. The molecule has 1 saturated heterocycles. The number of non-ortho nitro benzene ring substituents is 1. The van der Waals surface area contributed by atoms with Crippen LogP contribution in [-0.2, 0) is 14.8 Å². The van der Waals surface area contributed by atoms with Gasteiger partial charge in [0.05, 0.1) is 28.4 Å². The van der Waals surface area contributed by atoms with E-state index in [1.165, 1.54) is 29.6 Å². The minimum atomic E-state index is -3.64. The summed E-state index contributed by atoms with van der Waals surface area (Å²) in [6.45, 7) is 0.996. The standard InChI is InChI=1S/C27H26N6O6S2/c1-39-24-13-12-21(33(35)36)17-23(24)28-25(34)18-40-27-30-29-26(32(27)20-9-3-2-4-10-20)19-8-7-11-22(16-19)41(37,38)31-14-5-6-15-31/h2-4,7-13,16-17H,5-6,14-15,18H2,1H3,(H,28,34). The molecule has 0 unspecified atom stereocenters. The molecule has 212 valence electrons. The van der Waals surface area contributed by atoms with Crippen molar-refractivity contribution in [2.24, 2.45) is 0 Å². The van der Waals surface area contributed by atoms with E-state index in [-0.39, 0.29) is 27.8 Å². The van der Waals surface area contributed by atoms with Crippen LogP contribution in [0.4, 0.5) is 11.4 Å². The molecule has 1 aliphatic heterocycles. The minimum Gasteiger partial charge on any atom is -0.495 e. The highest BCUT2D eigenvalue weighted by atomic mass is 32.2. The maximum Gasteiger partial charge on any atom is 0.271 e. The Hall–Kier alpha value is -4.27. The number of methoxy groups -OCH3 is 1. The van der Waals surface area contributed by atoms with Crippen LogP contribution in [-0.4, -0.2) is 64.3 Å². The van der Waals surface area contributed by atoms with Gasteiger partial charge in [-0.1, -0.05) is 42.1 Å². The molecule has 0 atom stereocenters. The molecule has 1 N–H and O–H groups in total. The number of carbonyl (C=O) groups excluding carboxylic acids is 1. The topological polar surface area (TPSA) is 150 Å². The smallest absolute Gasteiger partial charge is 0.271 e. The van der Waals surface area contributed by atoms with Crippen molar-refractivity contribution in [3.05, 3.63) is 82.9 Å². The molecule has 1 amide bonds. The molecule has 1 aliphatic rings. The van der Waals surface area contributed by atoms with Crippen molar-refractivity contribution in [2.45, 2.75) is 22.9 Å². The van der Waals surface area contributed by atoms with Crippen molar-refractivity contribution in [2.75, 3.05) is 31.3 Å². The van der Waals surface area contributed by atoms with Crippen LogP contribution < -0.4 is 10.1 Å². The number of hydrogen-bond donors (Lipinski definition) is 1. The highest BCUT2D eigenvalue weighted by molar-refractivity contribution is 7.99. The first kappa shape index (κ1) is 28.3. The number of nitro benzene ring substituents is 1. The molecule has 0 aliphatic carbocycles. The zero-order valence-corrected chi connectivity index (χ0v) is 23.6. The number of amides is 1. The number of hydrogen-bond acceptors (Lipinski definition) is 9. The summed E-state index contributed by atoms with van der Waals surface area (Å²) in [4.78, 5) is 23.7. The van der Waals surface area contributed by atoms with Gasteiger partial charge in [0.2, 0.25) is 15.9 Å². The summed E-state index contributed by atoms with van der Waals surface area (Å²) in [5.41, 5.74) is 1.27. The number of carbonyl (C=O) groups is 1. The lowest BCUT2D eigenvalue weighted by atomic mass is 10.2. The van der Waals surface area contributed by atoms with Crippen LogP contribution in [0.15, 0.2) is 82.8 Å². The predicted octanol–water partition coefficient (Wildman–Crippen LogP) is 4.37. The van der Waals surface area contributed by atoms with Crippen molar-refractivity contribution in [3.63, 3.8) is 0 Å². The summed E-state index contributed by atoms with van der Waals surface area (Å²) < 4.78 is 34.9. The SMILES string of the molecule is COc1ccc([N+](=O)[O-])cc1NC(=O)CSc1nnc(-c2cccc(S(=O)(=O)N3CCCC3)c2)n1-c1ccccc1. The van der Waals surface area contributed by atoms with E-state index < -0.39 is 20.9 Å². The van der Waals surface area contributed by atoms with E-state index >= 15 is 0 Å². The summed E-state index contributed by atoms with van der Waals surface area (Å²) in [5.74, 6) is 0.183. The van der Waals surface area contributed by atoms with Crippen molar-refractivity contribution in [3.8, 4) is 22.8 Å². The number of benzene rings is 3. The van der Waals surface area contributed by atoms with Gasteiger partial charge in [-0.15, -0.1) is 10.2 Å². The zero-order chi connectivity index (χ0) is 29.0. The summed E-state index contributed by atoms with van der Waals surface area (Å²) >= 11 is 1.11. The third-order valence-corrected chi connectivity index (χ3v) is 9.27. The van der Waals surface area contributed by atoms with E-state index in [0.717, 1.165) is 30.3 Å². The Balaban J connectivity index is 1.43. The molecule has 5 rings (SSSR count). The fourth-order valence-electron chi connectivity index (χ4n) is 4.46. The van der Waals surface area contributed by atoms with Gasteiger partial charge in [0.1, 0.15) is 5.75 Å². The molecule has 0 bridgehead atoms. The van der Waals surface area contributed by atoms with Crippen molar-refractivity contribution in [1.82, 2.24) is 19.1 Å². The second kappa shape index (κ2) is 12.1. The summed E-state index contributed by atoms with van der Waals surface area (Å²) in [7, 11) is -2.24. The number of aromatic nitrogens is 3. The molecule has 2 heterocycles. The van der Waals surface area contributed by atoms with Crippen molar-refractivity contribution < 1.29 is 22.9 Å². The number of nitro groups is 1. The van der Waals surface area contributed by atoms with Gasteiger partial charge in [-0.05, 0) is 43.2 Å². The van der Waals surface area contributed by atoms with Crippen LogP contribution in [0.5, 0.6) is 5.75 Å². The Kier molecular flexibility index (Phi) is 8.33. The first-order valence-electron chi connectivity index (χ1n) is 12.6. The third kappa shape index (κ3) is 6.09. The number of nitrogens with one attached hydrogen (secondary N) is 1. The average molecular weight is 595 g/mol. The van der Waals surface area contributed by atoms with Gasteiger partial charge < -0.3 is 10.1 Å². The Bertz CT molecular complexity index is 1690. The highest BCUT2D eigenvalue weighted by Crippen LogP contribution is 2.32. The number of nitrogens with zero attached hydrogens (tertiary/aromatic N) is 5. The Morgan fingerprint density at radius 1 is 1.05 bits per heavy atom. The highest BCUT2D eigenvalue weighted by Gasteiger charge is 2.28. The molecule has 12 nitrogen and oxygen atoms in total. The molecule has 0 saturated carbocycles. The monoisotopic (exact) mass is 594 g/mol. The van der Waals surface area contributed by atoms with Crippen LogP contribution in [0.1, 0.15) is 12.8 Å². The van der Waals surface area contributed by atoms with Crippen LogP contribution in [0.2, 0.25) is 0 Å². The summed E-state index contributed by atoms with van der Waals surface area (Å²) in [5, 5.41) is 22.9. The maximum atomic E-state index is 13.2. The summed E-state index contributed by atoms with van der Waals surface area (Å²) in [6, 6.07) is 19.8. The van der Waals surface area contributed by atoms with Crippen LogP contribution in [0.3, 0.4) is 0 Å². The van der Waals surface area contributed by atoms with E-state index in [0.29, 0.717) is 29.6 Å². The lowest BCUT2D eigenvalue weighted by Crippen LogP contribution is -2.27. The van der Waals surface area contributed by atoms with Crippen LogP contribution >= 0.6 is 11.8 Å². The van der Waals surface area contributed by atoms with Gasteiger partial charge in [0.25, 0.3) is 5.69 Å². The number of rotatable bonds is 10. The number of anilines is 1. The second-order valence-electron chi connectivity index (χ2n) is 9.09. The molecular weight excluding hydrogens is 568 g/mol. The lowest BCUT2D eigenvalue weighted by Gasteiger charge is -2.16. The fraction of sp³-hybridized carbons (Fsp3) is 0.222. The Labute approximate surface area is 240 Å². The predicted molar refractivity (Wildman–Crippen MR) is 154 cm³/mol. The summed E-state index contributed by atoms with van der Waals surface area (Å²) in [6.07, 6.45) is 1.67. The first-order chi connectivity index (χ1) is 19.8. The number of sulfonamides is 1. The zero-order valence-electron chi connectivity index (χ0n) is 22.0. The van der Waals surface area contributed by atoms with Crippen LogP contribution in [0, 0.1) is 10.1 Å². The van der Waals surface area contributed by atoms with Gasteiger partial charge in [0, 0.05) is 36.5 Å². The second-order valence-corrected chi connectivity index (χ2v) is 12.0. The molecular formula is C27H26N6O6S2. The molecule has 3 aromatic carbocycles. The van der Waals surface area contributed by atoms with Gasteiger partial charge in [-0.2, -0.15) is 4.31 Å². The largest absolute Gasteiger partial charge is 0.495 e. The number of para-hydroxylation sites is 1. The Morgan fingerprint density at radius 3 is 2.51 bits per heavy atom. The lowest BCUT2D eigenvalue weighted by molar-refractivity contribution is -0.384. The van der Waals surface area contributed by atoms with Gasteiger partial charge >= 0.3 is 0 Å². The normalized spacial score (nSPS) is 13.7. The minimum absolute atomic E-state index is 0.0831. The molecule has 41 heavy (non-hydrogen) atoms. The van der Waals surface area contributed by atoms with Gasteiger partial charge in [0.15, 0.2) is 11.0 Å².